The first-order chi connectivity index (χ1) is 10.2. The molecule has 0 bridgehead atoms. The molecule has 1 aliphatic rings. The van der Waals surface area contributed by atoms with E-state index in [9.17, 15) is 14.7 Å². The zero-order chi connectivity index (χ0) is 14.8. The Balaban J connectivity index is 1.87. The molecular weight excluding hydrogens is 268 g/mol. The summed E-state index contributed by atoms with van der Waals surface area (Å²) in [6, 6.07) is 10.4. The van der Waals surface area contributed by atoms with Crippen LogP contribution in [0, 0.1) is 0 Å². The van der Waals surface area contributed by atoms with E-state index in [0.717, 1.165) is 11.1 Å². The van der Waals surface area contributed by atoms with Crippen molar-refractivity contribution in [1.29, 1.82) is 0 Å². The molecule has 2 heterocycles. The van der Waals surface area contributed by atoms with Crippen molar-refractivity contribution in [2.24, 2.45) is 0 Å². The number of aromatic carboxylic acids is 1. The van der Waals surface area contributed by atoms with Gasteiger partial charge < -0.3 is 10.0 Å². The van der Waals surface area contributed by atoms with Gasteiger partial charge in [-0.15, -0.1) is 0 Å². The molecular formula is C16H14N2O3. The van der Waals surface area contributed by atoms with Gasteiger partial charge in [-0.25, -0.2) is 4.79 Å². The zero-order valence-electron chi connectivity index (χ0n) is 11.3. The molecule has 21 heavy (non-hydrogen) atoms. The third-order valence-corrected chi connectivity index (χ3v) is 3.67. The van der Waals surface area contributed by atoms with Gasteiger partial charge in [-0.2, -0.15) is 0 Å². The lowest BCUT2D eigenvalue weighted by atomic mass is 9.94. The molecule has 0 fully saturated rings. The summed E-state index contributed by atoms with van der Waals surface area (Å²) in [6.45, 7) is 0.929. The summed E-state index contributed by atoms with van der Waals surface area (Å²) in [5.41, 5.74) is 2.47. The summed E-state index contributed by atoms with van der Waals surface area (Å²) < 4.78 is 0. The number of carboxylic acid groups (broad SMARTS) is 1. The van der Waals surface area contributed by atoms with Crippen molar-refractivity contribution >= 4 is 11.9 Å². The number of aromatic nitrogens is 1. The summed E-state index contributed by atoms with van der Waals surface area (Å²) in [7, 11) is 0. The molecule has 0 saturated heterocycles. The Hall–Kier alpha value is -2.69. The lowest BCUT2D eigenvalue weighted by molar-refractivity contribution is 0.0694. The van der Waals surface area contributed by atoms with E-state index in [1.165, 1.54) is 0 Å². The van der Waals surface area contributed by atoms with E-state index in [2.05, 4.69) is 4.98 Å². The third-order valence-electron chi connectivity index (χ3n) is 3.67. The fourth-order valence-electron chi connectivity index (χ4n) is 2.63. The molecule has 0 aliphatic carbocycles. The second kappa shape index (κ2) is 5.36. The van der Waals surface area contributed by atoms with Crippen molar-refractivity contribution in [2.45, 2.75) is 13.0 Å². The topological polar surface area (TPSA) is 70.5 Å². The summed E-state index contributed by atoms with van der Waals surface area (Å²) in [5.74, 6) is -1.04. The highest BCUT2D eigenvalue weighted by Crippen LogP contribution is 2.23. The summed E-state index contributed by atoms with van der Waals surface area (Å²) in [6.07, 6.45) is 2.14. The Labute approximate surface area is 121 Å². The van der Waals surface area contributed by atoms with Crippen LogP contribution < -0.4 is 0 Å². The van der Waals surface area contributed by atoms with Crippen molar-refractivity contribution in [3.63, 3.8) is 0 Å². The van der Waals surface area contributed by atoms with Crippen LogP contribution in [0.4, 0.5) is 0 Å². The first-order valence-corrected chi connectivity index (χ1v) is 6.71. The maximum absolute atomic E-state index is 12.4. The van der Waals surface area contributed by atoms with Crippen LogP contribution in [0.2, 0.25) is 0 Å². The number of carbonyl (C=O) groups excluding carboxylic acids is 1. The number of fused-ring (bicyclic) bond motifs is 1. The van der Waals surface area contributed by atoms with Gasteiger partial charge in [0, 0.05) is 19.3 Å². The molecule has 5 nitrogen and oxygen atoms in total. The molecule has 1 aromatic carbocycles. The van der Waals surface area contributed by atoms with Crippen molar-refractivity contribution in [3.8, 4) is 0 Å². The molecule has 1 aromatic heterocycles. The maximum Gasteiger partial charge on any atom is 0.335 e. The molecule has 3 rings (SSSR count). The van der Waals surface area contributed by atoms with Crippen molar-refractivity contribution in [3.05, 3.63) is 65.0 Å². The number of pyridine rings is 1. The number of hydrogen-bond acceptors (Lipinski definition) is 3. The van der Waals surface area contributed by atoms with Crippen LogP contribution in [-0.4, -0.2) is 33.4 Å². The highest BCUT2D eigenvalue weighted by atomic mass is 16.4. The van der Waals surface area contributed by atoms with Crippen LogP contribution in [0.3, 0.4) is 0 Å². The number of carbonyl (C=O) groups is 2. The van der Waals surface area contributed by atoms with Gasteiger partial charge in [0.1, 0.15) is 5.69 Å². The average Bonchev–Trinajstić information content (AvgIpc) is 2.53. The first kappa shape index (κ1) is 13.3. The minimum Gasteiger partial charge on any atom is -0.478 e. The molecule has 5 heteroatoms. The van der Waals surface area contributed by atoms with Crippen LogP contribution >= 0.6 is 0 Å². The Morgan fingerprint density at radius 2 is 2.00 bits per heavy atom. The van der Waals surface area contributed by atoms with Crippen LogP contribution in [0.25, 0.3) is 0 Å². The Bertz CT molecular complexity index is 698. The van der Waals surface area contributed by atoms with Crippen LogP contribution in [-0.2, 0) is 13.0 Å². The van der Waals surface area contributed by atoms with Gasteiger partial charge >= 0.3 is 5.97 Å². The van der Waals surface area contributed by atoms with E-state index in [0.29, 0.717) is 30.8 Å². The summed E-state index contributed by atoms with van der Waals surface area (Å²) in [4.78, 5) is 29.4. The highest BCUT2D eigenvalue weighted by Gasteiger charge is 2.25. The summed E-state index contributed by atoms with van der Waals surface area (Å²) >= 11 is 0. The number of amides is 1. The first-order valence-electron chi connectivity index (χ1n) is 6.71. The predicted molar refractivity (Wildman–Crippen MR) is 76.1 cm³/mol. The lowest BCUT2D eigenvalue weighted by Gasteiger charge is -2.29. The van der Waals surface area contributed by atoms with Crippen LogP contribution in [0.5, 0.6) is 0 Å². The third kappa shape index (κ3) is 2.50. The van der Waals surface area contributed by atoms with Gasteiger partial charge in [0.15, 0.2) is 0 Å². The van der Waals surface area contributed by atoms with Gasteiger partial charge in [0.2, 0.25) is 0 Å². The number of rotatable bonds is 2. The predicted octanol–water partition coefficient (Wildman–Crippen LogP) is 1.98. The molecule has 0 unspecified atom stereocenters. The molecule has 0 spiro atoms. The van der Waals surface area contributed by atoms with E-state index in [4.69, 9.17) is 0 Å². The maximum atomic E-state index is 12.4. The SMILES string of the molecule is O=C(O)c1cccc2c1CCN(C(=O)c1ccccn1)C2. The number of hydrogen-bond donors (Lipinski definition) is 1. The Morgan fingerprint density at radius 1 is 1.14 bits per heavy atom. The standard InChI is InChI=1S/C16H14N2O3/c19-15(14-6-1-2-8-17-14)18-9-7-12-11(10-18)4-3-5-13(12)16(20)21/h1-6,8H,7,9-10H2,(H,20,21). The van der Waals surface area contributed by atoms with Gasteiger partial charge in [0.25, 0.3) is 5.91 Å². The smallest absolute Gasteiger partial charge is 0.335 e. The fraction of sp³-hybridized carbons (Fsp3) is 0.188. The zero-order valence-corrected chi connectivity index (χ0v) is 11.3. The van der Waals surface area contributed by atoms with E-state index in [1.54, 1.807) is 41.4 Å². The quantitative estimate of drug-likeness (QED) is 0.914. The molecule has 1 aliphatic heterocycles. The van der Waals surface area contributed by atoms with Gasteiger partial charge in [-0.3, -0.25) is 9.78 Å². The van der Waals surface area contributed by atoms with E-state index >= 15 is 0 Å². The Kier molecular flexibility index (Phi) is 3.39. The van der Waals surface area contributed by atoms with Crippen molar-refractivity contribution in [1.82, 2.24) is 9.88 Å². The fourth-order valence-corrected chi connectivity index (χ4v) is 2.63. The highest BCUT2D eigenvalue weighted by molar-refractivity contribution is 5.93. The molecule has 2 aromatic rings. The van der Waals surface area contributed by atoms with E-state index < -0.39 is 5.97 Å². The van der Waals surface area contributed by atoms with E-state index in [-0.39, 0.29) is 5.91 Å². The van der Waals surface area contributed by atoms with E-state index in [1.807, 2.05) is 6.07 Å². The van der Waals surface area contributed by atoms with Gasteiger partial charge in [-0.05, 0) is 35.7 Å². The second-order valence-corrected chi connectivity index (χ2v) is 4.94. The van der Waals surface area contributed by atoms with Crippen molar-refractivity contribution < 1.29 is 14.7 Å². The largest absolute Gasteiger partial charge is 0.478 e. The number of carboxylic acids is 1. The minimum absolute atomic E-state index is 0.123. The van der Waals surface area contributed by atoms with Crippen LogP contribution in [0.15, 0.2) is 42.6 Å². The Morgan fingerprint density at radius 3 is 2.71 bits per heavy atom. The molecule has 1 N–H and O–H groups in total. The van der Waals surface area contributed by atoms with Crippen LogP contribution in [0.1, 0.15) is 32.0 Å². The number of nitrogens with zero attached hydrogens (tertiary/aromatic N) is 2. The normalized spacial score (nSPS) is 13.6. The molecule has 106 valence electrons. The molecule has 0 atom stereocenters. The molecule has 0 radical (unpaired) electrons. The average molecular weight is 282 g/mol. The minimum atomic E-state index is -0.920. The van der Waals surface area contributed by atoms with Gasteiger partial charge in [0.05, 0.1) is 5.56 Å². The molecule has 0 saturated carbocycles. The second-order valence-electron chi connectivity index (χ2n) is 4.94. The lowest BCUT2D eigenvalue weighted by Crippen LogP contribution is -2.37. The molecule has 1 amide bonds. The number of benzene rings is 1. The summed E-state index contributed by atoms with van der Waals surface area (Å²) in [5, 5.41) is 9.20. The van der Waals surface area contributed by atoms with Gasteiger partial charge in [-0.1, -0.05) is 18.2 Å². The monoisotopic (exact) mass is 282 g/mol. The van der Waals surface area contributed by atoms with Crippen molar-refractivity contribution in [2.75, 3.05) is 6.54 Å².